The minimum atomic E-state index is 1.35. The van der Waals surface area contributed by atoms with Gasteiger partial charge in [0.1, 0.15) is 0 Å². The Labute approximate surface area is 67.2 Å². The number of hydrogen-bond acceptors (Lipinski definition) is 0. The lowest BCUT2D eigenvalue weighted by Crippen LogP contribution is -1.84. The molecule has 0 radical (unpaired) electrons. The Morgan fingerprint density at radius 3 is 2.82 bits per heavy atom. The molecular formula is C11H11-. The molecular weight excluding hydrogens is 132 g/mol. The molecule has 0 fully saturated rings. The van der Waals surface area contributed by atoms with Gasteiger partial charge in [-0.05, 0) is 0 Å². The molecule has 0 saturated carbocycles. The van der Waals surface area contributed by atoms with E-state index in [4.69, 9.17) is 0 Å². The fraction of sp³-hybridized carbons (Fsp3) is 0.182. The molecule has 0 aromatic rings. The Hall–Kier alpha value is -1.17. The number of fused-ring (bicyclic) bond motifs is 1. The fourth-order valence-corrected chi connectivity index (χ4v) is 1.47. The van der Waals surface area contributed by atoms with Crippen molar-refractivity contribution < 1.29 is 0 Å². The number of benzene rings is 1. The van der Waals surface area contributed by atoms with Crippen LogP contribution < -0.4 is 0 Å². The lowest BCUT2D eigenvalue weighted by atomic mass is 10.00. The van der Waals surface area contributed by atoms with Gasteiger partial charge in [-0.1, -0.05) is 26.0 Å². The van der Waals surface area contributed by atoms with E-state index in [2.05, 4.69) is 44.2 Å². The monoisotopic (exact) mass is 143 g/mol. The van der Waals surface area contributed by atoms with Crippen LogP contribution >= 0.6 is 0 Å². The highest BCUT2D eigenvalue weighted by Gasteiger charge is 1.95. The molecule has 56 valence electrons. The van der Waals surface area contributed by atoms with Crippen LogP contribution in [0.25, 0.3) is 11.1 Å². The number of rotatable bonds is 0. The zero-order valence-electron chi connectivity index (χ0n) is 6.89. The van der Waals surface area contributed by atoms with Crippen molar-refractivity contribution in [2.24, 2.45) is 0 Å². The molecule has 0 aliphatic heterocycles. The predicted octanol–water partition coefficient (Wildman–Crippen LogP) is 3.13. The Balaban J connectivity index is 2.81. The molecule has 0 amide bonds. The van der Waals surface area contributed by atoms with Crippen molar-refractivity contribution in [1.29, 1.82) is 0 Å². The van der Waals surface area contributed by atoms with Gasteiger partial charge >= 0.3 is 0 Å². The first-order valence-corrected chi connectivity index (χ1v) is 3.90. The first-order valence-electron chi connectivity index (χ1n) is 3.90. The van der Waals surface area contributed by atoms with Crippen LogP contribution in [-0.2, 0) is 0 Å². The fourth-order valence-electron chi connectivity index (χ4n) is 1.47. The maximum Gasteiger partial charge on any atom is -0.0618 e. The van der Waals surface area contributed by atoms with E-state index >= 15 is 0 Å². The van der Waals surface area contributed by atoms with Gasteiger partial charge in [0.25, 0.3) is 0 Å². The van der Waals surface area contributed by atoms with Gasteiger partial charge in [0.15, 0.2) is 0 Å². The summed E-state index contributed by atoms with van der Waals surface area (Å²) < 4.78 is 0. The minimum absolute atomic E-state index is 1.35. The van der Waals surface area contributed by atoms with E-state index in [1.807, 2.05) is 0 Å². The summed E-state index contributed by atoms with van der Waals surface area (Å²) in [6, 6.07) is 10.8. The third kappa shape index (κ3) is 0.864. The number of hydrogen-bond donors (Lipinski definition) is 0. The van der Waals surface area contributed by atoms with Crippen LogP contribution in [0, 0.1) is 13.8 Å². The average molecular weight is 143 g/mol. The standard InChI is InChI=1S/C11H11/c1-8-6-7-10-4-3-5-11(10)9(8)2/h3-7H,1-2H3/q-1. The van der Waals surface area contributed by atoms with E-state index < -0.39 is 0 Å². The van der Waals surface area contributed by atoms with Crippen LogP contribution in [0.3, 0.4) is 0 Å². The molecule has 0 N–H and O–H groups in total. The molecule has 0 bridgehead atoms. The molecule has 0 aromatic heterocycles. The van der Waals surface area contributed by atoms with Gasteiger partial charge < -0.3 is 0 Å². The van der Waals surface area contributed by atoms with Crippen molar-refractivity contribution in [2.45, 2.75) is 13.8 Å². The van der Waals surface area contributed by atoms with Gasteiger partial charge in [-0.2, -0.15) is 23.3 Å². The molecule has 0 atom stereocenters. The van der Waals surface area contributed by atoms with Crippen molar-refractivity contribution in [3.63, 3.8) is 0 Å². The second-order valence-electron chi connectivity index (χ2n) is 3.04. The summed E-state index contributed by atoms with van der Waals surface area (Å²) in [6.07, 6.45) is 0. The Kier molecular flexibility index (Phi) is 1.28. The van der Waals surface area contributed by atoms with E-state index in [1.165, 1.54) is 22.3 Å². The second kappa shape index (κ2) is 2.16. The molecule has 0 spiro atoms. The molecule has 2 aliphatic rings. The second-order valence-corrected chi connectivity index (χ2v) is 3.04. The first kappa shape index (κ1) is 6.53. The molecule has 0 saturated heterocycles. The van der Waals surface area contributed by atoms with Crippen LogP contribution in [0.2, 0.25) is 0 Å². The van der Waals surface area contributed by atoms with Crippen LogP contribution in [0.4, 0.5) is 0 Å². The highest BCUT2D eigenvalue weighted by molar-refractivity contribution is 5.71. The maximum atomic E-state index is 2.18. The largest absolute Gasteiger partial charge is 0.169 e. The topological polar surface area (TPSA) is 0 Å². The number of aryl methyl sites for hydroxylation is 1. The minimum Gasteiger partial charge on any atom is -0.169 e. The third-order valence-corrected chi connectivity index (χ3v) is 2.36. The van der Waals surface area contributed by atoms with Gasteiger partial charge in [-0.15, -0.1) is 17.2 Å². The highest BCUT2D eigenvalue weighted by Crippen LogP contribution is 2.28. The summed E-state index contributed by atoms with van der Waals surface area (Å²) in [6.45, 7) is 4.33. The van der Waals surface area contributed by atoms with Crippen LogP contribution in [0.15, 0.2) is 30.3 Å². The summed E-state index contributed by atoms with van der Waals surface area (Å²) in [4.78, 5) is 0. The third-order valence-electron chi connectivity index (χ3n) is 2.36. The molecule has 2 rings (SSSR count). The Morgan fingerprint density at radius 1 is 1.18 bits per heavy atom. The maximum absolute atomic E-state index is 2.18. The first-order chi connectivity index (χ1) is 5.29. The molecule has 11 heavy (non-hydrogen) atoms. The normalized spacial score (nSPS) is 10.7. The van der Waals surface area contributed by atoms with Crippen molar-refractivity contribution >= 4 is 0 Å². The molecule has 2 aliphatic carbocycles. The molecule has 0 heteroatoms. The van der Waals surface area contributed by atoms with Gasteiger partial charge in [-0.3, -0.25) is 0 Å². The quantitative estimate of drug-likeness (QED) is 0.497. The SMILES string of the molecule is Cc1c2cccc-2cc[c-]1C. The highest BCUT2D eigenvalue weighted by atomic mass is 14.1. The van der Waals surface area contributed by atoms with Crippen LogP contribution in [0.1, 0.15) is 11.1 Å². The molecule has 0 heterocycles. The lowest BCUT2D eigenvalue weighted by molar-refractivity contribution is 1.35. The summed E-state index contributed by atoms with van der Waals surface area (Å²) in [5.41, 5.74) is 5.54. The van der Waals surface area contributed by atoms with E-state index in [9.17, 15) is 0 Å². The van der Waals surface area contributed by atoms with E-state index in [0.717, 1.165) is 0 Å². The zero-order valence-corrected chi connectivity index (χ0v) is 6.89. The van der Waals surface area contributed by atoms with Gasteiger partial charge in [0.2, 0.25) is 0 Å². The van der Waals surface area contributed by atoms with Crippen molar-refractivity contribution in [3.8, 4) is 11.1 Å². The average Bonchev–Trinajstić information content (AvgIpc) is 2.45. The van der Waals surface area contributed by atoms with Crippen LogP contribution in [-0.4, -0.2) is 0 Å². The zero-order chi connectivity index (χ0) is 7.84. The Morgan fingerprint density at radius 2 is 2.00 bits per heavy atom. The van der Waals surface area contributed by atoms with Gasteiger partial charge in [0.05, 0.1) is 0 Å². The van der Waals surface area contributed by atoms with Crippen molar-refractivity contribution in [3.05, 3.63) is 41.5 Å². The van der Waals surface area contributed by atoms with Crippen LogP contribution in [0.5, 0.6) is 0 Å². The van der Waals surface area contributed by atoms with Gasteiger partial charge in [0, 0.05) is 0 Å². The summed E-state index contributed by atoms with van der Waals surface area (Å²) in [5, 5.41) is 0. The molecule has 0 nitrogen and oxygen atoms in total. The van der Waals surface area contributed by atoms with E-state index in [0.29, 0.717) is 0 Å². The smallest absolute Gasteiger partial charge is 0.0618 e. The van der Waals surface area contributed by atoms with Crippen molar-refractivity contribution in [2.75, 3.05) is 0 Å². The molecule has 0 aromatic carbocycles. The van der Waals surface area contributed by atoms with E-state index in [1.54, 1.807) is 0 Å². The summed E-state index contributed by atoms with van der Waals surface area (Å²) in [7, 11) is 0. The predicted molar refractivity (Wildman–Crippen MR) is 48.1 cm³/mol. The van der Waals surface area contributed by atoms with Gasteiger partial charge in [-0.25, -0.2) is 0 Å². The Bertz CT molecular complexity index is 341. The van der Waals surface area contributed by atoms with Crippen molar-refractivity contribution in [1.82, 2.24) is 0 Å². The summed E-state index contributed by atoms with van der Waals surface area (Å²) in [5.74, 6) is 0. The lowest BCUT2D eigenvalue weighted by Gasteiger charge is -2.15. The summed E-state index contributed by atoms with van der Waals surface area (Å²) >= 11 is 0. The van der Waals surface area contributed by atoms with E-state index in [-0.39, 0.29) is 0 Å². The molecule has 0 unspecified atom stereocenters.